The van der Waals surface area contributed by atoms with Gasteiger partial charge in [-0.3, -0.25) is 4.79 Å². The molecule has 13 heteroatoms. The molecule has 1 fully saturated rings. The Morgan fingerprint density at radius 1 is 1.35 bits per heavy atom. The van der Waals surface area contributed by atoms with Crippen molar-refractivity contribution in [2.45, 2.75) is 38.4 Å². The van der Waals surface area contributed by atoms with Crippen LogP contribution in [0.15, 0.2) is 53.6 Å². The number of anilines is 1. The highest BCUT2D eigenvalue weighted by atomic mass is 32.2. The Kier molecular flexibility index (Phi) is 10.0. The van der Waals surface area contributed by atoms with Crippen molar-refractivity contribution in [3.63, 3.8) is 0 Å². The van der Waals surface area contributed by atoms with Crippen LogP contribution in [0, 0.1) is 5.92 Å². The molecule has 2 atom stereocenters. The van der Waals surface area contributed by atoms with E-state index in [4.69, 9.17) is 4.74 Å². The fourth-order valence-corrected chi connectivity index (χ4v) is 5.32. The number of aliphatic carboxylic acids is 1. The molecule has 1 N–H and O–H groups in total. The van der Waals surface area contributed by atoms with Crippen LogP contribution in [-0.4, -0.2) is 68.0 Å². The molecule has 1 aromatic rings. The van der Waals surface area contributed by atoms with Crippen LogP contribution in [0.2, 0.25) is 0 Å². The number of allylic oxidation sites excluding steroid dienone is 3. The lowest BCUT2D eigenvalue weighted by molar-refractivity contribution is -0.142. The predicted molar refractivity (Wildman–Crippen MR) is 131 cm³/mol. The maximum atomic E-state index is 13.4. The number of carbonyl (C=O) groups is 2. The zero-order chi connectivity index (χ0) is 28.0. The minimum atomic E-state index is -4.60. The van der Waals surface area contributed by atoms with E-state index in [1.807, 2.05) is 0 Å². The lowest BCUT2D eigenvalue weighted by atomic mass is 10.0. The molecule has 1 aliphatic carbocycles. The SMILES string of the molecule is C=C/C=C(\C=C1/CCCC1C(=O)O)S(=O)(=O)N(C)C[C@H](C(=O)OC)N(CC)c1ccc(C(F)(F)F)cn1. The molecule has 1 heterocycles. The van der Waals surface area contributed by atoms with E-state index >= 15 is 0 Å². The average Bonchev–Trinajstić information content (AvgIpc) is 3.31. The van der Waals surface area contributed by atoms with Crippen molar-refractivity contribution < 1.29 is 41.0 Å². The molecule has 0 amide bonds. The van der Waals surface area contributed by atoms with Crippen LogP contribution >= 0.6 is 0 Å². The maximum Gasteiger partial charge on any atom is 0.417 e. The molecule has 9 nitrogen and oxygen atoms in total. The Bertz CT molecular complexity index is 1160. The van der Waals surface area contributed by atoms with Crippen LogP contribution < -0.4 is 4.90 Å². The smallest absolute Gasteiger partial charge is 0.417 e. The summed E-state index contributed by atoms with van der Waals surface area (Å²) in [6, 6.07) is 0.670. The van der Waals surface area contributed by atoms with Gasteiger partial charge in [0.25, 0.3) is 0 Å². The highest BCUT2D eigenvalue weighted by Crippen LogP contribution is 2.33. The van der Waals surface area contributed by atoms with Crippen molar-refractivity contribution in [2.75, 3.05) is 32.1 Å². The molecule has 0 bridgehead atoms. The average molecular weight is 546 g/mol. The van der Waals surface area contributed by atoms with Crippen LogP contribution in [-0.2, 0) is 30.5 Å². The molecular weight excluding hydrogens is 515 g/mol. The summed E-state index contributed by atoms with van der Waals surface area (Å²) >= 11 is 0. The van der Waals surface area contributed by atoms with E-state index < -0.39 is 52.2 Å². The number of hydrogen-bond donors (Lipinski definition) is 1. The monoisotopic (exact) mass is 545 g/mol. The van der Waals surface area contributed by atoms with Crippen LogP contribution in [0.5, 0.6) is 0 Å². The van der Waals surface area contributed by atoms with Gasteiger partial charge in [0.05, 0.1) is 23.5 Å². The number of halogens is 3. The number of likely N-dealkylation sites (N-methyl/N-ethyl adjacent to an activating group) is 2. The Hall–Kier alpha value is -3.19. The number of pyridine rings is 1. The van der Waals surface area contributed by atoms with E-state index in [9.17, 15) is 36.3 Å². The summed E-state index contributed by atoms with van der Waals surface area (Å²) in [6.45, 7) is 4.84. The van der Waals surface area contributed by atoms with Gasteiger partial charge in [0.15, 0.2) is 0 Å². The standard InChI is InChI=1S/C24H30F3N3O6S/c1-5-8-18(13-16-9-7-10-19(16)22(31)32)37(34,35)29(3)15-20(23(33)36-4)30(6-2)21-12-11-17(14-28-21)24(25,26)27/h5,8,11-14,19-20H,1,6-7,9-10,15H2,2-4H3,(H,31,32)/b16-13+,18-8+/t19?,20-/m1/s1. The van der Waals surface area contributed by atoms with E-state index in [1.165, 1.54) is 30.2 Å². The quantitative estimate of drug-likeness (QED) is 0.331. The van der Waals surface area contributed by atoms with Crippen molar-refractivity contribution >= 4 is 27.8 Å². The number of rotatable bonds is 11. The Morgan fingerprint density at radius 2 is 2.03 bits per heavy atom. The van der Waals surface area contributed by atoms with Gasteiger partial charge in [-0.25, -0.2) is 18.2 Å². The summed E-state index contributed by atoms with van der Waals surface area (Å²) in [5, 5.41) is 9.44. The fraction of sp³-hybridized carbons (Fsp3) is 0.458. The maximum absolute atomic E-state index is 13.4. The number of ether oxygens (including phenoxy) is 1. The molecule has 0 radical (unpaired) electrons. The van der Waals surface area contributed by atoms with E-state index in [1.54, 1.807) is 6.92 Å². The Labute approximate surface area is 214 Å². The number of carboxylic acids is 1. The number of methoxy groups -OCH3 is 1. The van der Waals surface area contributed by atoms with Gasteiger partial charge < -0.3 is 14.7 Å². The number of nitrogens with zero attached hydrogens (tertiary/aromatic N) is 3. The topological polar surface area (TPSA) is 117 Å². The van der Waals surface area contributed by atoms with Gasteiger partial charge >= 0.3 is 18.1 Å². The third kappa shape index (κ3) is 7.19. The Morgan fingerprint density at radius 3 is 2.51 bits per heavy atom. The van der Waals surface area contributed by atoms with Crippen LogP contribution in [0.4, 0.5) is 19.0 Å². The van der Waals surface area contributed by atoms with Crippen molar-refractivity contribution in [1.29, 1.82) is 0 Å². The summed E-state index contributed by atoms with van der Waals surface area (Å²) in [6.07, 6.45) is 1.28. The normalized spacial score (nSPS) is 18.6. The number of sulfonamides is 1. The first-order valence-electron chi connectivity index (χ1n) is 11.4. The minimum absolute atomic E-state index is 0.0240. The number of esters is 1. The van der Waals surface area contributed by atoms with Crippen molar-refractivity contribution in [3.8, 4) is 0 Å². The first kappa shape index (κ1) is 30.0. The summed E-state index contributed by atoms with van der Waals surface area (Å²) in [5.74, 6) is -2.63. The first-order valence-corrected chi connectivity index (χ1v) is 12.8. The third-order valence-electron chi connectivity index (χ3n) is 6.01. The van der Waals surface area contributed by atoms with Gasteiger partial charge in [-0.1, -0.05) is 18.2 Å². The number of carboxylic acid groups (broad SMARTS) is 1. The van der Waals surface area contributed by atoms with Crippen LogP contribution in [0.3, 0.4) is 0 Å². The van der Waals surface area contributed by atoms with Crippen molar-refractivity contribution in [1.82, 2.24) is 9.29 Å². The van der Waals surface area contributed by atoms with Gasteiger partial charge in [0.2, 0.25) is 10.0 Å². The highest BCUT2D eigenvalue weighted by molar-refractivity contribution is 7.93. The van der Waals surface area contributed by atoms with E-state index in [0.29, 0.717) is 31.0 Å². The lowest BCUT2D eigenvalue weighted by Crippen LogP contribution is -2.50. The largest absolute Gasteiger partial charge is 0.481 e. The second-order valence-electron chi connectivity index (χ2n) is 8.32. The van der Waals surface area contributed by atoms with Crippen LogP contribution in [0.1, 0.15) is 31.7 Å². The summed E-state index contributed by atoms with van der Waals surface area (Å²) in [7, 11) is -1.89. The Balaban J connectivity index is 2.41. The summed E-state index contributed by atoms with van der Waals surface area (Å²) < 4.78 is 71.5. The number of carbonyl (C=O) groups excluding carboxylic acids is 1. The van der Waals surface area contributed by atoms with E-state index in [2.05, 4.69) is 11.6 Å². The summed E-state index contributed by atoms with van der Waals surface area (Å²) in [5.41, 5.74) is -0.508. The first-order chi connectivity index (χ1) is 17.3. The van der Waals surface area contributed by atoms with Gasteiger partial charge in [0.1, 0.15) is 11.9 Å². The molecule has 2 rings (SSSR count). The zero-order valence-electron chi connectivity index (χ0n) is 20.7. The highest BCUT2D eigenvalue weighted by Gasteiger charge is 2.35. The van der Waals surface area contributed by atoms with Crippen molar-refractivity contribution in [3.05, 3.63) is 59.2 Å². The number of hydrogen-bond acceptors (Lipinski definition) is 7. The van der Waals surface area contributed by atoms with Gasteiger partial charge in [0, 0.05) is 26.3 Å². The zero-order valence-corrected chi connectivity index (χ0v) is 21.6. The van der Waals surface area contributed by atoms with Crippen LogP contribution in [0.25, 0.3) is 0 Å². The summed E-state index contributed by atoms with van der Waals surface area (Å²) in [4.78, 5) is 29.2. The molecule has 0 aliphatic heterocycles. The van der Waals surface area contributed by atoms with E-state index in [0.717, 1.165) is 23.5 Å². The lowest BCUT2D eigenvalue weighted by Gasteiger charge is -2.32. The predicted octanol–water partition coefficient (Wildman–Crippen LogP) is 3.61. The molecular formula is C24H30F3N3O6S. The minimum Gasteiger partial charge on any atom is -0.481 e. The molecule has 1 aromatic heterocycles. The molecule has 204 valence electrons. The molecule has 0 aromatic carbocycles. The van der Waals surface area contributed by atoms with Gasteiger partial charge in [-0.2, -0.15) is 17.5 Å². The molecule has 0 spiro atoms. The molecule has 1 aliphatic rings. The van der Waals surface area contributed by atoms with Gasteiger partial charge in [-0.15, -0.1) is 0 Å². The number of aromatic nitrogens is 1. The molecule has 37 heavy (non-hydrogen) atoms. The fourth-order valence-electron chi connectivity index (χ4n) is 4.06. The third-order valence-corrected chi connectivity index (χ3v) is 7.83. The molecule has 1 unspecified atom stereocenters. The number of alkyl halides is 3. The molecule has 0 saturated heterocycles. The molecule has 1 saturated carbocycles. The van der Waals surface area contributed by atoms with Crippen molar-refractivity contribution in [2.24, 2.45) is 5.92 Å². The second-order valence-corrected chi connectivity index (χ2v) is 10.4. The van der Waals surface area contributed by atoms with Gasteiger partial charge in [-0.05, 0) is 50.5 Å². The van der Waals surface area contributed by atoms with E-state index in [-0.39, 0.29) is 17.3 Å². The second kappa shape index (κ2) is 12.4.